The molecule has 0 aliphatic rings. The molecule has 0 fully saturated rings. The van der Waals surface area contributed by atoms with E-state index < -0.39 is 16.2 Å². The van der Waals surface area contributed by atoms with Gasteiger partial charge < -0.3 is 18.4 Å². The van der Waals surface area contributed by atoms with Crippen LogP contribution in [0, 0.1) is 0 Å². The predicted octanol–water partition coefficient (Wildman–Crippen LogP) is -6.35. The summed E-state index contributed by atoms with van der Waals surface area (Å²) in [6.45, 7) is 0. The average molecular weight is 144 g/mol. The molecule has 0 amide bonds. The van der Waals surface area contributed by atoms with Gasteiger partial charge in [-0.1, -0.05) is 0 Å². The van der Waals surface area contributed by atoms with Crippen molar-refractivity contribution in [2.75, 3.05) is 0 Å². The first-order valence-corrected chi connectivity index (χ1v) is 3.57. The van der Waals surface area contributed by atoms with Crippen LogP contribution in [0.5, 0.6) is 0 Å². The van der Waals surface area contributed by atoms with Crippen molar-refractivity contribution in [1.29, 1.82) is 0 Å². The monoisotopic (exact) mass is 144 g/mol. The third-order valence-electron chi connectivity index (χ3n) is 0.295. The van der Waals surface area contributed by atoms with Crippen LogP contribution in [0.1, 0.15) is 0 Å². The van der Waals surface area contributed by atoms with Gasteiger partial charge in [0.25, 0.3) is 10.0 Å². The average Bonchev–Trinajstić information content (AvgIpc) is 1.61. The second-order valence-electron chi connectivity index (χ2n) is 0.801. The molecule has 0 aliphatic heterocycles. The summed E-state index contributed by atoms with van der Waals surface area (Å²) < 4.78 is 8.44. The van der Waals surface area contributed by atoms with E-state index in [2.05, 4.69) is 8.54 Å². The second kappa shape index (κ2) is 7.26. The number of hydrogen-bond donors (Lipinski definition) is 0. The molecule has 7 heteroatoms. The molecule has 8 heavy (non-hydrogen) atoms. The van der Waals surface area contributed by atoms with Gasteiger partial charge in [-0.05, 0) is 0 Å². The van der Waals surface area contributed by atoms with Crippen molar-refractivity contribution < 1.29 is 37.3 Å². The molecular formula is CH5LiO4Si2. The van der Waals surface area contributed by atoms with E-state index in [1.54, 1.807) is 0 Å². The molecule has 4 nitrogen and oxygen atoms in total. The molecule has 0 rings (SSSR count). The Balaban J connectivity index is 0. The van der Waals surface area contributed by atoms with Gasteiger partial charge in [-0.15, -0.1) is 0 Å². The molecule has 0 aromatic heterocycles. The zero-order chi connectivity index (χ0) is 5.70. The maximum absolute atomic E-state index is 9.40. The third-order valence-corrected chi connectivity index (χ3v) is 1.59. The molecule has 0 saturated carbocycles. The normalized spacial score (nSPS) is 9.00. The maximum atomic E-state index is 9.40. The SMILES string of the molecule is O=C([O-])O[SiH2]O[SiH3].[Li+]. The maximum Gasteiger partial charge on any atom is 1.00 e. The summed E-state index contributed by atoms with van der Waals surface area (Å²) in [5.41, 5.74) is 0. The predicted molar refractivity (Wildman–Crippen MR) is 26.0 cm³/mol. The summed E-state index contributed by atoms with van der Waals surface area (Å²) in [4.78, 5) is 9.40. The van der Waals surface area contributed by atoms with E-state index in [4.69, 9.17) is 0 Å². The van der Waals surface area contributed by atoms with E-state index in [1.807, 2.05) is 0 Å². The molecule has 0 aromatic carbocycles. The standard InChI is InChI=1S/CH6O4Si2.Li/c2-1(3)4-7-5-6;/h7H2,6H3,(H,2,3);/q;+1/p-1. The fourth-order valence-electron chi connectivity index (χ4n) is 0.107. The van der Waals surface area contributed by atoms with Crippen LogP contribution < -0.4 is 24.0 Å². The van der Waals surface area contributed by atoms with Crippen molar-refractivity contribution in [3.63, 3.8) is 0 Å². The Morgan fingerprint density at radius 1 is 1.75 bits per heavy atom. The van der Waals surface area contributed by atoms with E-state index in [0.29, 0.717) is 10.5 Å². The van der Waals surface area contributed by atoms with Crippen LogP contribution in [0.25, 0.3) is 0 Å². The number of carboxylic acid groups (broad SMARTS) is 1. The van der Waals surface area contributed by atoms with E-state index in [0.717, 1.165) is 0 Å². The largest absolute Gasteiger partial charge is 1.00 e. The zero-order valence-electron chi connectivity index (χ0n) is 4.84. The summed E-state index contributed by atoms with van der Waals surface area (Å²) in [6.07, 6.45) is -1.48. The Morgan fingerprint density at radius 2 is 2.25 bits per heavy atom. The minimum Gasteiger partial charge on any atom is -0.563 e. The van der Waals surface area contributed by atoms with Crippen molar-refractivity contribution in [3.05, 3.63) is 0 Å². The minimum absolute atomic E-state index is 0. The molecule has 0 heterocycles. The van der Waals surface area contributed by atoms with Crippen molar-refractivity contribution in [2.24, 2.45) is 0 Å². The fourth-order valence-corrected chi connectivity index (χ4v) is 0.675. The molecule has 0 unspecified atom stereocenters. The Hall–Kier alpha value is 0.261. The first-order valence-electron chi connectivity index (χ1n) is 1.60. The summed E-state index contributed by atoms with van der Waals surface area (Å²) in [7, 11) is -0.686. The third kappa shape index (κ3) is 9.54. The smallest absolute Gasteiger partial charge is 0.563 e. The summed E-state index contributed by atoms with van der Waals surface area (Å²) in [5, 5.41) is 9.40. The summed E-state index contributed by atoms with van der Waals surface area (Å²) in [5.74, 6) is 0. The van der Waals surface area contributed by atoms with Gasteiger partial charge in [0.1, 0.15) is 10.5 Å². The number of carbonyl (C=O) groups is 1. The van der Waals surface area contributed by atoms with Gasteiger partial charge in [0, 0.05) is 0 Å². The molecule has 0 spiro atoms. The van der Waals surface area contributed by atoms with Crippen LogP contribution in [0.15, 0.2) is 0 Å². The zero-order valence-corrected chi connectivity index (χ0v) is 8.25. The van der Waals surface area contributed by atoms with Gasteiger partial charge in [0.2, 0.25) is 6.16 Å². The number of hydrogen-bond acceptors (Lipinski definition) is 4. The Kier molecular flexibility index (Phi) is 10.1. The first kappa shape index (κ1) is 11.1. The summed E-state index contributed by atoms with van der Waals surface area (Å²) in [6, 6.07) is 0. The molecule has 0 aliphatic carbocycles. The molecule has 0 bridgehead atoms. The van der Waals surface area contributed by atoms with E-state index >= 15 is 0 Å². The quantitative estimate of drug-likeness (QED) is 0.362. The second-order valence-corrected chi connectivity index (χ2v) is 3.63. The van der Waals surface area contributed by atoms with Crippen LogP contribution in [0.2, 0.25) is 0 Å². The fraction of sp³-hybridized carbons (Fsp3) is 0. The molecule has 0 atom stereocenters. The minimum atomic E-state index is -1.48. The van der Waals surface area contributed by atoms with Gasteiger partial charge in [0.15, 0.2) is 0 Å². The van der Waals surface area contributed by atoms with E-state index in [-0.39, 0.29) is 18.9 Å². The molecule has 0 radical (unpaired) electrons. The van der Waals surface area contributed by atoms with Gasteiger partial charge in [0.05, 0.1) is 0 Å². The first-order chi connectivity index (χ1) is 3.27. The summed E-state index contributed by atoms with van der Waals surface area (Å²) >= 11 is 0. The van der Waals surface area contributed by atoms with Crippen LogP contribution in [-0.4, -0.2) is 26.6 Å². The Bertz CT molecular complexity index is 67.1. The molecule has 0 aromatic rings. The molecule has 0 saturated heterocycles. The molecule has 0 N–H and O–H groups in total. The van der Waals surface area contributed by atoms with Crippen molar-refractivity contribution >= 4 is 26.6 Å². The Morgan fingerprint density at radius 3 is 2.38 bits per heavy atom. The van der Waals surface area contributed by atoms with E-state index in [9.17, 15) is 9.90 Å². The number of carbonyl (C=O) groups excluding carboxylic acids is 1. The Labute approximate surface area is 64.3 Å². The van der Waals surface area contributed by atoms with Gasteiger partial charge in [-0.2, -0.15) is 0 Å². The van der Waals surface area contributed by atoms with Gasteiger partial charge >= 0.3 is 18.9 Å². The van der Waals surface area contributed by atoms with Crippen LogP contribution in [-0.2, 0) is 8.54 Å². The van der Waals surface area contributed by atoms with E-state index in [1.165, 1.54) is 0 Å². The number of rotatable bonds is 2. The van der Waals surface area contributed by atoms with Crippen molar-refractivity contribution in [1.82, 2.24) is 0 Å². The van der Waals surface area contributed by atoms with Crippen LogP contribution in [0.4, 0.5) is 4.79 Å². The van der Waals surface area contributed by atoms with Crippen LogP contribution >= 0.6 is 0 Å². The topological polar surface area (TPSA) is 58.6 Å². The van der Waals surface area contributed by atoms with Gasteiger partial charge in [-0.25, -0.2) is 0 Å². The molecule has 42 valence electrons. The molecular weight excluding hydrogens is 139 g/mol. The van der Waals surface area contributed by atoms with Crippen molar-refractivity contribution in [2.45, 2.75) is 0 Å². The van der Waals surface area contributed by atoms with Crippen LogP contribution in [0.3, 0.4) is 0 Å². The van der Waals surface area contributed by atoms with Gasteiger partial charge in [-0.3, -0.25) is 0 Å². The van der Waals surface area contributed by atoms with Crippen molar-refractivity contribution in [3.8, 4) is 0 Å².